The first-order valence-electron chi connectivity index (χ1n) is 5.78. The number of hydrogen-bond acceptors (Lipinski definition) is 5. The lowest BCUT2D eigenvalue weighted by atomic mass is 10.2. The van der Waals surface area contributed by atoms with E-state index < -0.39 is 15.9 Å². The van der Waals surface area contributed by atoms with Crippen LogP contribution in [-0.2, 0) is 14.8 Å². The number of hydrogen-bond donors (Lipinski definition) is 2. The lowest BCUT2D eigenvalue weighted by molar-refractivity contribution is -0.120. The molecule has 1 aliphatic carbocycles. The highest BCUT2D eigenvalue weighted by atomic mass is 79.9. The fraction of sp³-hybridized carbons (Fsp3) is 0.545. The van der Waals surface area contributed by atoms with Crippen LogP contribution in [0.2, 0.25) is 0 Å². The molecule has 0 atom stereocenters. The fourth-order valence-corrected chi connectivity index (χ4v) is 5.31. The Kier molecular flexibility index (Phi) is 4.06. The molecule has 1 aliphatic rings. The summed E-state index contributed by atoms with van der Waals surface area (Å²) in [5, 5.41) is 3.06. The summed E-state index contributed by atoms with van der Waals surface area (Å²) in [6, 6.07) is 1.51. The van der Waals surface area contributed by atoms with Crippen LogP contribution in [0.5, 0.6) is 0 Å². The predicted octanol–water partition coefficient (Wildman–Crippen LogP) is 1.77. The van der Waals surface area contributed by atoms with Crippen molar-refractivity contribution < 1.29 is 13.2 Å². The second kappa shape index (κ2) is 5.16. The first-order chi connectivity index (χ1) is 8.78. The first-order valence-corrected chi connectivity index (χ1v) is 8.88. The summed E-state index contributed by atoms with van der Waals surface area (Å²) >= 11 is 4.57. The number of rotatable bonds is 5. The molecule has 1 heterocycles. The minimum atomic E-state index is -3.77. The van der Waals surface area contributed by atoms with Crippen molar-refractivity contribution in [3.63, 3.8) is 0 Å². The normalized spacial score (nSPS) is 17.2. The zero-order chi connectivity index (χ0) is 14.3. The lowest BCUT2D eigenvalue weighted by Crippen LogP contribution is -2.38. The molecule has 1 aromatic rings. The molecule has 1 amide bonds. The maximum atomic E-state index is 12.1. The van der Waals surface area contributed by atoms with Crippen LogP contribution in [0.4, 0.5) is 0 Å². The van der Waals surface area contributed by atoms with Crippen molar-refractivity contribution in [1.29, 1.82) is 0 Å². The monoisotopic (exact) mass is 366 g/mol. The average molecular weight is 367 g/mol. The number of halogens is 1. The summed E-state index contributed by atoms with van der Waals surface area (Å²) in [5.41, 5.74) is -0.204. The van der Waals surface area contributed by atoms with Gasteiger partial charge in [0.2, 0.25) is 5.91 Å². The summed E-state index contributed by atoms with van der Waals surface area (Å²) < 4.78 is 27.1. The number of nitrogens with one attached hydrogen (secondary N) is 2. The van der Waals surface area contributed by atoms with Crippen molar-refractivity contribution in [2.45, 2.75) is 36.6 Å². The number of carbonyl (C=O) groups excluding carboxylic acids is 1. The molecule has 0 radical (unpaired) electrons. The number of sulfonamides is 1. The molecule has 2 N–H and O–H groups in total. The van der Waals surface area contributed by atoms with Crippen LogP contribution in [0, 0.1) is 6.92 Å². The molecule has 5 nitrogen and oxygen atoms in total. The van der Waals surface area contributed by atoms with Gasteiger partial charge in [0.1, 0.15) is 4.90 Å². The van der Waals surface area contributed by atoms with E-state index in [0.717, 1.165) is 16.6 Å². The Morgan fingerprint density at radius 1 is 1.53 bits per heavy atom. The predicted molar refractivity (Wildman–Crippen MR) is 77.7 cm³/mol. The summed E-state index contributed by atoms with van der Waals surface area (Å²) in [5.74, 6) is -0.464. The van der Waals surface area contributed by atoms with Gasteiger partial charge in [-0.3, -0.25) is 4.79 Å². The van der Waals surface area contributed by atoms with Crippen molar-refractivity contribution in [2.75, 3.05) is 7.05 Å². The topological polar surface area (TPSA) is 75.3 Å². The van der Waals surface area contributed by atoms with Crippen molar-refractivity contribution in [2.24, 2.45) is 0 Å². The Morgan fingerprint density at radius 2 is 2.16 bits per heavy atom. The minimum Gasteiger partial charge on any atom is -0.314 e. The maximum absolute atomic E-state index is 12.1. The quantitative estimate of drug-likeness (QED) is 0.832. The third-order valence-corrected chi connectivity index (χ3v) is 6.44. The van der Waals surface area contributed by atoms with Crippen LogP contribution in [0.1, 0.15) is 24.1 Å². The second-order valence-electron chi connectivity index (χ2n) is 4.71. The van der Waals surface area contributed by atoms with Gasteiger partial charge in [-0.2, -0.15) is 0 Å². The zero-order valence-corrected chi connectivity index (χ0v) is 13.8. The number of carbonyl (C=O) groups is 1. The van der Waals surface area contributed by atoms with Crippen LogP contribution in [0.3, 0.4) is 0 Å². The third kappa shape index (κ3) is 3.36. The van der Waals surface area contributed by atoms with Gasteiger partial charge in [-0.1, -0.05) is 0 Å². The first kappa shape index (κ1) is 15.0. The summed E-state index contributed by atoms with van der Waals surface area (Å²) in [6.07, 6.45) is 1.99. The van der Waals surface area contributed by atoms with Gasteiger partial charge in [0.05, 0.1) is 3.79 Å². The van der Waals surface area contributed by atoms with Crippen LogP contribution < -0.4 is 10.0 Å². The number of amides is 1. The van der Waals surface area contributed by atoms with E-state index in [1.54, 1.807) is 14.0 Å². The Labute approximate surface area is 125 Å². The maximum Gasteiger partial charge on any atom is 0.265 e. The Hall–Kier alpha value is -0.440. The van der Waals surface area contributed by atoms with Gasteiger partial charge in [0, 0.05) is 16.8 Å². The van der Waals surface area contributed by atoms with E-state index in [4.69, 9.17) is 0 Å². The van der Waals surface area contributed by atoms with Gasteiger partial charge in [-0.25, -0.2) is 13.1 Å². The smallest absolute Gasteiger partial charge is 0.265 e. The van der Waals surface area contributed by atoms with Gasteiger partial charge < -0.3 is 5.32 Å². The van der Waals surface area contributed by atoms with E-state index in [-0.39, 0.29) is 16.9 Å². The minimum absolute atomic E-state index is 0.159. The van der Waals surface area contributed by atoms with Crippen LogP contribution in [0.25, 0.3) is 0 Å². The number of thiophene rings is 1. The molecule has 2 rings (SSSR count). The van der Waals surface area contributed by atoms with E-state index in [1.165, 1.54) is 17.4 Å². The van der Waals surface area contributed by atoms with Crippen molar-refractivity contribution in [1.82, 2.24) is 10.0 Å². The highest BCUT2D eigenvalue weighted by Crippen LogP contribution is 2.38. The van der Waals surface area contributed by atoms with Gasteiger partial charge in [-0.15, -0.1) is 11.3 Å². The molecule has 0 bridgehead atoms. The van der Waals surface area contributed by atoms with Gasteiger partial charge >= 0.3 is 0 Å². The zero-order valence-electron chi connectivity index (χ0n) is 10.6. The molecule has 0 unspecified atom stereocenters. The second-order valence-corrected chi connectivity index (χ2v) is 8.99. The average Bonchev–Trinajstić information content (AvgIpc) is 2.96. The van der Waals surface area contributed by atoms with Gasteiger partial charge in [0.15, 0.2) is 0 Å². The molecule has 1 aromatic heterocycles. The molecule has 0 aromatic carbocycles. The van der Waals surface area contributed by atoms with Crippen molar-refractivity contribution >= 4 is 43.2 Å². The molecular formula is C11H15BrN2O3S2. The van der Waals surface area contributed by atoms with Crippen LogP contribution >= 0.6 is 27.3 Å². The van der Waals surface area contributed by atoms with E-state index in [9.17, 15) is 13.2 Å². The molecule has 1 saturated carbocycles. The lowest BCUT2D eigenvalue weighted by Gasteiger charge is -2.13. The summed E-state index contributed by atoms with van der Waals surface area (Å²) in [7, 11) is -1.98. The molecule has 8 heteroatoms. The molecule has 0 aliphatic heterocycles. The molecule has 19 heavy (non-hydrogen) atoms. The van der Waals surface area contributed by atoms with Gasteiger partial charge in [0.25, 0.3) is 10.0 Å². The SMILES string of the molecule is CNC1(CC(=O)NS(=O)(=O)c2cc(Br)sc2C)CC1. The Morgan fingerprint density at radius 3 is 2.58 bits per heavy atom. The van der Waals surface area contributed by atoms with Crippen molar-refractivity contribution in [3.05, 3.63) is 14.7 Å². The molecule has 106 valence electrons. The van der Waals surface area contributed by atoms with E-state index in [1.807, 2.05) is 0 Å². The van der Waals surface area contributed by atoms with Gasteiger partial charge in [-0.05, 0) is 48.8 Å². The van der Waals surface area contributed by atoms with E-state index in [0.29, 0.717) is 4.88 Å². The highest BCUT2D eigenvalue weighted by molar-refractivity contribution is 9.11. The van der Waals surface area contributed by atoms with Crippen LogP contribution in [-0.4, -0.2) is 26.9 Å². The van der Waals surface area contributed by atoms with Crippen molar-refractivity contribution in [3.8, 4) is 0 Å². The molecular weight excluding hydrogens is 352 g/mol. The molecule has 0 spiro atoms. The largest absolute Gasteiger partial charge is 0.314 e. The standard InChI is InChI=1S/C11H15BrN2O3S2/c1-7-8(5-9(12)18-7)19(16,17)14-10(15)6-11(13-2)3-4-11/h5,13H,3-4,6H2,1-2H3,(H,14,15). The Balaban J connectivity index is 2.09. The van der Waals surface area contributed by atoms with E-state index >= 15 is 0 Å². The highest BCUT2D eigenvalue weighted by Gasteiger charge is 2.43. The van der Waals surface area contributed by atoms with Crippen LogP contribution in [0.15, 0.2) is 14.7 Å². The summed E-state index contributed by atoms with van der Waals surface area (Å²) in [6.45, 7) is 1.71. The third-order valence-electron chi connectivity index (χ3n) is 3.26. The van der Waals surface area contributed by atoms with E-state index in [2.05, 4.69) is 26.0 Å². The summed E-state index contributed by atoms with van der Waals surface area (Å²) in [4.78, 5) is 12.6. The molecule has 1 fully saturated rings. The Bertz CT molecular complexity index is 605. The fourth-order valence-electron chi connectivity index (χ4n) is 1.91. The molecule has 0 saturated heterocycles. The number of aryl methyl sites for hydroxylation is 1.